The number of carbonyl (C=O) groups is 4. The Morgan fingerprint density at radius 2 is 1.61 bits per heavy atom. The molecule has 0 fully saturated rings. The Bertz CT molecular complexity index is 1970. The molecule has 3 amide bonds. The molecule has 6 rings (SSSR count). The van der Waals surface area contributed by atoms with Crippen LogP contribution in [0.15, 0.2) is 91.0 Å². The normalized spacial score (nSPS) is 13.5. The minimum Gasteiger partial charge on any atom is -0.480 e. The molecule has 44 heavy (non-hydrogen) atoms. The van der Waals surface area contributed by atoms with Crippen molar-refractivity contribution in [1.82, 2.24) is 9.88 Å². The third-order valence-corrected chi connectivity index (χ3v) is 8.11. The first-order chi connectivity index (χ1) is 21.1. The lowest BCUT2D eigenvalue weighted by atomic mass is 9.97. The first kappa shape index (κ1) is 29.0. The Hall–Kier alpha value is -5.12. The van der Waals surface area contributed by atoms with Crippen molar-refractivity contribution in [3.05, 3.63) is 123 Å². The van der Waals surface area contributed by atoms with Crippen LogP contribution < -0.4 is 16.0 Å². The number of nitrogen functional groups attached to an aromatic ring is 1. The largest absolute Gasteiger partial charge is 0.480 e. The van der Waals surface area contributed by atoms with Crippen molar-refractivity contribution in [2.24, 2.45) is 0 Å². The van der Waals surface area contributed by atoms with Crippen LogP contribution in [0, 0.1) is 0 Å². The van der Waals surface area contributed by atoms with Gasteiger partial charge in [-0.2, -0.15) is 0 Å². The van der Waals surface area contributed by atoms with Crippen LogP contribution in [0.5, 0.6) is 0 Å². The zero-order valence-corrected chi connectivity index (χ0v) is 24.5. The summed E-state index contributed by atoms with van der Waals surface area (Å²) in [5.74, 6) is -2.74. The number of carboxylic acids is 1. The zero-order chi connectivity index (χ0) is 31.1. The van der Waals surface area contributed by atoms with E-state index in [1.807, 2.05) is 24.3 Å². The van der Waals surface area contributed by atoms with Crippen molar-refractivity contribution < 1.29 is 24.3 Å². The third-order valence-electron chi connectivity index (χ3n) is 7.50. The van der Waals surface area contributed by atoms with Crippen molar-refractivity contribution >= 4 is 69.2 Å². The number of amides is 3. The van der Waals surface area contributed by atoms with Crippen LogP contribution in [0.2, 0.25) is 10.0 Å². The Balaban J connectivity index is 1.26. The number of nitrogens with one attached hydrogen (secondary N) is 1. The molecule has 9 nitrogen and oxygen atoms in total. The molecule has 0 spiro atoms. The number of hydrogen-bond donors (Lipinski definition) is 3. The van der Waals surface area contributed by atoms with Gasteiger partial charge in [-0.1, -0.05) is 65.7 Å². The standard InChI is InChI=1S/C33H24Cl2N4O5/c34-24-5-3-6-25(35)30(24)39-27-7-2-1-4-20(27)15-28(39)31(41)37-26(33(43)44)14-18-8-12-22(13-9-18)38-29(40)16-19-10-11-21(36)17-23(19)32(38)42/h1-13,15,17,26H,14,16,36H2,(H,37,41)(H,43,44). The predicted molar refractivity (Wildman–Crippen MR) is 169 cm³/mol. The third kappa shape index (κ3) is 5.27. The fourth-order valence-corrected chi connectivity index (χ4v) is 5.97. The van der Waals surface area contributed by atoms with Gasteiger partial charge in [0.05, 0.1) is 33.4 Å². The highest BCUT2D eigenvalue weighted by molar-refractivity contribution is 6.38. The smallest absolute Gasteiger partial charge is 0.326 e. The van der Waals surface area contributed by atoms with Crippen LogP contribution >= 0.6 is 23.2 Å². The number of carboxylic acid groups (broad SMARTS) is 1. The van der Waals surface area contributed by atoms with E-state index >= 15 is 0 Å². The highest BCUT2D eigenvalue weighted by Gasteiger charge is 2.32. The maximum Gasteiger partial charge on any atom is 0.326 e. The quantitative estimate of drug-likeness (QED) is 0.157. The Morgan fingerprint density at radius 3 is 2.32 bits per heavy atom. The topological polar surface area (TPSA) is 135 Å². The van der Waals surface area contributed by atoms with Crippen molar-refractivity contribution in [1.29, 1.82) is 0 Å². The lowest BCUT2D eigenvalue weighted by Crippen LogP contribution is -2.43. The fourth-order valence-electron chi connectivity index (χ4n) is 5.40. The molecular formula is C33H24Cl2N4O5. The van der Waals surface area contributed by atoms with Crippen LogP contribution in [-0.2, 0) is 22.4 Å². The van der Waals surface area contributed by atoms with Crippen molar-refractivity contribution in [2.45, 2.75) is 18.9 Å². The van der Waals surface area contributed by atoms with E-state index in [1.165, 1.54) is 0 Å². The first-order valence-corrected chi connectivity index (χ1v) is 14.3. The molecule has 0 aliphatic carbocycles. The SMILES string of the molecule is Nc1ccc2c(c1)C(=O)N(c1ccc(CC(NC(=O)c3cc4ccccc4n3-c3c(Cl)cccc3Cl)C(=O)O)cc1)C(=O)C2. The maximum atomic E-state index is 13.6. The van der Waals surface area contributed by atoms with Gasteiger partial charge in [0.1, 0.15) is 11.7 Å². The summed E-state index contributed by atoms with van der Waals surface area (Å²) in [6, 6.07) is 23.9. The van der Waals surface area contributed by atoms with E-state index in [4.69, 9.17) is 28.9 Å². The number of carbonyl (C=O) groups excluding carboxylic acids is 3. The molecule has 1 atom stereocenters. The van der Waals surface area contributed by atoms with Crippen LogP contribution in [0.1, 0.15) is 32.0 Å². The summed E-state index contributed by atoms with van der Waals surface area (Å²) in [5, 5.41) is 14.0. The molecule has 1 aliphatic heterocycles. The molecule has 5 aromatic rings. The van der Waals surface area contributed by atoms with Gasteiger partial charge in [-0.15, -0.1) is 0 Å². The number of halogens is 2. The van der Waals surface area contributed by atoms with E-state index in [-0.39, 0.29) is 24.4 Å². The Labute approximate surface area is 261 Å². The predicted octanol–water partition coefficient (Wildman–Crippen LogP) is 5.67. The molecule has 2 heterocycles. The van der Waals surface area contributed by atoms with Gasteiger partial charge >= 0.3 is 5.97 Å². The zero-order valence-electron chi connectivity index (χ0n) is 23.0. The Kier molecular flexibility index (Phi) is 7.59. The summed E-state index contributed by atoms with van der Waals surface area (Å²) >= 11 is 13.0. The van der Waals surface area contributed by atoms with Gasteiger partial charge in [-0.25, -0.2) is 9.69 Å². The second-order valence-electron chi connectivity index (χ2n) is 10.4. The second kappa shape index (κ2) is 11.5. The summed E-state index contributed by atoms with van der Waals surface area (Å²) in [5.41, 5.74) is 9.37. The van der Waals surface area contributed by atoms with E-state index in [0.29, 0.717) is 49.3 Å². The number of benzene rings is 4. The number of para-hydroxylation sites is 2. The molecule has 1 aliphatic rings. The molecule has 4 N–H and O–H groups in total. The maximum absolute atomic E-state index is 13.6. The van der Waals surface area contributed by atoms with Gasteiger partial charge in [0, 0.05) is 23.1 Å². The van der Waals surface area contributed by atoms with Crippen molar-refractivity contribution in [2.75, 3.05) is 10.6 Å². The van der Waals surface area contributed by atoms with Gasteiger partial charge in [0.25, 0.3) is 11.8 Å². The van der Waals surface area contributed by atoms with Gasteiger partial charge in [0.15, 0.2) is 0 Å². The van der Waals surface area contributed by atoms with Crippen LogP contribution in [0.4, 0.5) is 11.4 Å². The van der Waals surface area contributed by atoms with Crippen molar-refractivity contribution in [3.63, 3.8) is 0 Å². The van der Waals surface area contributed by atoms with Crippen LogP contribution in [0.3, 0.4) is 0 Å². The van der Waals surface area contributed by atoms with E-state index in [2.05, 4.69) is 5.32 Å². The average molecular weight is 627 g/mol. The number of nitrogens with zero attached hydrogens (tertiary/aromatic N) is 2. The highest BCUT2D eigenvalue weighted by atomic mass is 35.5. The van der Waals surface area contributed by atoms with Gasteiger partial charge in [-0.3, -0.25) is 14.4 Å². The molecule has 1 unspecified atom stereocenters. The number of hydrogen-bond acceptors (Lipinski definition) is 5. The molecule has 220 valence electrons. The van der Waals surface area contributed by atoms with E-state index in [0.717, 1.165) is 10.3 Å². The molecule has 0 bridgehead atoms. The molecule has 11 heteroatoms. The Morgan fingerprint density at radius 1 is 0.909 bits per heavy atom. The van der Waals surface area contributed by atoms with Crippen LogP contribution in [0.25, 0.3) is 16.6 Å². The van der Waals surface area contributed by atoms with Crippen LogP contribution in [-0.4, -0.2) is 39.4 Å². The van der Waals surface area contributed by atoms with E-state index in [9.17, 15) is 24.3 Å². The molecule has 0 saturated carbocycles. The van der Waals surface area contributed by atoms with Gasteiger partial charge in [-0.05, 0) is 59.7 Å². The summed E-state index contributed by atoms with van der Waals surface area (Å²) in [6.07, 6.45) is -0.0118. The highest BCUT2D eigenvalue weighted by Crippen LogP contribution is 2.34. The number of nitrogens with two attached hydrogens (primary N) is 1. The summed E-state index contributed by atoms with van der Waals surface area (Å²) in [7, 11) is 0. The summed E-state index contributed by atoms with van der Waals surface area (Å²) in [6.45, 7) is 0. The van der Waals surface area contributed by atoms with Crippen molar-refractivity contribution in [3.8, 4) is 5.69 Å². The molecule has 1 aromatic heterocycles. The molecule has 0 radical (unpaired) electrons. The molecule has 4 aromatic carbocycles. The second-order valence-corrected chi connectivity index (χ2v) is 11.2. The minimum absolute atomic E-state index is 0.0480. The molecular weight excluding hydrogens is 603 g/mol. The first-order valence-electron chi connectivity index (χ1n) is 13.6. The number of fused-ring (bicyclic) bond motifs is 2. The summed E-state index contributed by atoms with van der Waals surface area (Å²) in [4.78, 5) is 52.9. The number of rotatable bonds is 7. The van der Waals surface area contributed by atoms with E-state index < -0.39 is 23.8 Å². The minimum atomic E-state index is -1.30. The lowest BCUT2D eigenvalue weighted by Gasteiger charge is -2.27. The van der Waals surface area contributed by atoms with E-state index in [1.54, 1.807) is 71.3 Å². The fraction of sp³-hybridized carbons (Fsp3) is 0.0909. The van der Waals surface area contributed by atoms with Gasteiger partial charge in [0.2, 0.25) is 5.91 Å². The molecule has 0 saturated heterocycles. The lowest BCUT2D eigenvalue weighted by molar-refractivity contribution is -0.139. The van der Waals surface area contributed by atoms with Gasteiger partial charge < -0.3 is 20.7 Å². The number of imide groups is 1. The number of aliphatic carboxylic acids is 1. The summed E-state index contributed by atoms with van der Waals surface area (Å²) < 4.78 is 1.61. The number of aromatic nitrogens is 1. The average Bonchev–Trinajstić information content (AvgIpc) is 3.37. The monoisotopic (exact) mass is 626 g/mol. The number of anilines is 2.